The minimum atomic E-state index is -0.207. The molecule has 0 saturated carbocycles. The largest absolute Gasteiger partial charge is 0.347 e. The van der Waals surface area contributed by atoms with Gasteiger partial charge in [0.05, 0.1) is 0 Å². The van der Waals surface area contributed by atoms with Gasteiger partial charge in [0.25, 0.3) is 11.5 Å². The van der Waals surface area contributed by atoms with Crippen molar-refractivity contribution in [3.63, 3.8) is 0 Å². The molecule has 33 heavy (non-hydrogen) atoms. The highest BCUT2D eigenvalue weighted by Gasteiger charge is 2.17. The van der Waals surface area contributed by atoms with Crippen LogP contribution in [0.2, 0.25) is 0 Å². The Morgan fingerprint density at radius 2 is 2.00 bits per heavy atom. The Hall–Kier alpha value is -3.66. The SMILES string of the molecule is CC(C)CC(=O)Nc1ccn(CCCCN2C=C(C(=O)NCc3cccnc3)NN2)c(=O)c1. The summed E-state index contributed by atoms with van der Waals surface area (Å²) in [6.45, 7) is 5.59. The summed E-state index contributed by atoms with van der Waals surface area (Å²) in [6, 6.07) is 6.91. The summed E-state index contributed by atoms with van der Waals surface area (Å²) in [4.78, 5) is 40.4. The van der Waals surface area contributed by atoms with Crippen molar-refractivity contribution in [2.45, 2.75) is 46.2 Å². The van der Waals surface area contributed by atoms with E-state index in [1.807, 2.05) is 26.0 Å². The fourth-order valence-corrected chi connectivity index (χ4v) is 3.29. The van der Waals surface area contributed by atoms with Gasteiger partial charge in [-0.2, -0.15) is 0 Å². The van der Waals surface area contributed by atoms with E-state index in [4.69, 9.17) is 0 Å². The van der Waals surface area contributed by atoms with Crippen molar-refractivity contribution in [2.75, 3.05) is 11.9 Å². The number of carbonyl (C=O) groups excluding carboxylic acids is 2. The lowest BCUT2D eigenvalue weighted by molar-refractivity contribution is -0.118. The van der Waals surface area contributed by atoms with E-state index < -0.39 is 0 Å². The molecule has 3 rings (SSSR count). The van der Waals surface area contributed by atoms with E-state index in [0.29, 0.717) is 37.4 Å². The van der Waals surface area contributed by atoms with Gasteiger partial charge in [-0.1, -0.05) is 19.9 Å². The highest BCUT2D eigenvalue weighted by Crippen LogP contribution is 2.08. The molecule has 4 N–H and O–H groups in total. The van der Waals surface area contributed by atoms with Crippen LogP contribution in [0.15, 0.2) is 59.5 Å². The Labute approximate surface area is 193 Å². The third-order valence-electron chi connectivity index (χ3n) is 4.96. The number of hydrogen-bond acceptors (Lipinski definition) is 7. The smallest absolute Gasteiger partial charge is 0.270 e. The summed E-state index contributed by atoms with van der Waals surface area (Å²) in [5.74, 6) is -0.0363. The van der Waals surface area contributed by atoms with Gasteiger partial charge in [-0.15, -0.1) is 5.53 Å². The number of carbonyl (C=O) groups is 2. The van der Waals surface area contributed by atoms with Crippen molar-refractivity contribution in [3.8, 4) is 0 Å². The number of pyridine rings is 2. The first kappa shape index (κ1) is 24.0. The van der Waals surface area contributed by atoms with Crippen LogP contribution >= 0.6 is 0 Å². The topological polar surface area (TPSA) is 120 Å². The quantitative estimate of drug-likeness (QED) is 0.381. The van der Waals surface area contributed by atoms with Gasteiger partial charge in [0.2, 0.25) is 5.91 Å². The first-order valence-electron chi connectivity index (χ1n) is 11.1. The molecule has 0 radical (unpaired) electrons. The Bertz CT molecular complexity index is 1030. The molecule has 0 atom stereocenters. The Morgan fingerprint density at radius 3 is 2.73 bits per heavy atom. The number of nitrogens with zero attached hydrogens (tertiary/aromatic N) is 3. The van der Waals surface area contributed by atoms with Crippen molar-refractivity contribution in [2.24, 2.45) is 5.92 Å². The molecule has 0 aliphatic carbocycles. The molecular weight excluding hydrogens is 422 g/mol. The van der Waals surface area contributed by atoms with Gasteiger partial charge in [-0.25, -0.2) is 0 Å². The first-order chi connectivity index (χ1) is 15.9. The number of anilines is 1. The number of unbranched alkanes of at least 4 members (excludes halogenated alkanes) is 1. The van der Waals surface area contributed by atoms with Crippen LogP contribution in [0.4, 0.5) is 5.69 Å². The van der Waals surface area contributed by atoms with E-state index >= 15 is 0 Å². The third-order valence-corrected chi connectivity index (χ3v) is 4.96. The molecule has 0 spiro atoms. The second kappa shape index (κ2) is 11.8. The molecule has 0 aromatic carbocycles. The number of amides is 2. The maximum Gasteiger partial charge on any atom is 0.270 e. The molecule has 0 fully saturated rings. The Morgan fingerprint density at radius 1 is 1.18 bits per heavy atom. The molecule has 176 valence electrons. The zero-order chi connectivity index (χ0) is 23.6. The summed E-state index contributed by atoms with van der Waals surface area (Å²) in [7, 11) is 0. The minimum Gasteiger partial charge on any atom is -0.347 e. The van der Waals surface area contributed by atoms with Gasteiger partial charge in [-0.3, -0.25) is 29.8 Å². The summed E-state index contributed by atoms with van der Waals surface area (Å²) >= 11 is 0. The second-order valence-corrected chi connectivity index (χ2v) is 8.32. The van der Waals surface area contributed by atoms with Crippen molar-refractivity contribution >= 4 is 17.5 Å². The third kappa shape index (κ3) is 7.76. The molecule has 1 aliphatic rings. The van der Waals surface area contributed by atoms with Crippen molar-refractivity contribution in [3.05, 3.63) is 70.7 Å². The highest BCUT2D eigenvalue weighted by molar-refractivity contribution is 5.92. The molecule has 0 saturated heterocycles. The van der Waals surface area contributed by atoms with Crippen LogP contribution in [0.25, 0.3) is 0 Å². The molecule has 3 heterocycles. The summed E-state index contributed by atoms with van der Waals surface area (Å²) in [6.07, 6.45) is 8.84. The van der Waals surface area contributed by atoms with Crippen LogP contribution in [-0.4, -0.2) is 32.9 Å². The maximum absolute atomic E-state index is 12.3. The van der Waals surface area contributed by atoms with Gasteiger partial charge >= 0.3 is 0 Å². The van der Waals surface area contributed by atoms with Crippen molar-refractivity contribution in [1.82, 2.24) is 30.8 Å². The zero-order valence-corrected chi connectivity index (χ0v) is 19.0. The predicted octanol–water partition coefficient (Wildman–Crippen LogP) is 1.49. The number of rotatable bonds is 11. The predicted molar refractivity (Wildman–Crippen MR) is 125 cm³/mol. The van der Waals surface area contributed by atoms with E-state index in [2.05, 4.69) is 26.6 Å². The average Bonchev–Trinajstić information content (AvgIpc) is 3.25. The van der Waals surface area contributed by atoms with E-state index in [9.17, 15) is 14.4 Å². The molecule has 10 nitrogen and oxygen atoms in total. The van der Waals surface area contributed by atoms with Gasteiger partial charge in [-0.05, 0) is 36.5 Å². The standard InChI is InChI=1S/C23H31N7O3/c1-17(2)12-21(31)26-19-7-11-29(22(32)13-19)9-3-4-10-30-16-20(27-28-30)23(33)25-15-18-6-5-8-24-14-18/h5-8,11,13-14,16-17,27-28H,3-4,9-10,12,15H2,1-2H3,(H,25,33)(H,26,31). The lowest BCUT2D eigenvalue weighted by atomic mass is 10.1. The number of hydrogen-bond donors (Lipinski definition) is 4. The average molecular weight is 454 g/mol. The number of aryl methyl sites for hydroxylation is 1. The molecule has 0 unspecified atom stereocenters. The van der Waals surface area contributed by atoms with Crippen molar-refractivity contribution < 1.29 is 9.59 Å². The molecule has 0 bridgehead atoms. The molecular formula is C23H31N7O3. The van der Waals surface area contributed by atoms with Gasteiger partial charge in [0.1, 0.15) is 5.70 Å². The normalized spacial score (nSPS) is 12.9. The summed E-state index contributed by atoms with van der Waals surface area (Å²) in [5.41, 5.74) is 7.54. The van der Waals surface area contributed by atoms with Crippen LogP contribution in [0, 0.1) is 5.92 Å². The monoisotopic (exact) mass is 453 g/mol. The van der Waals surface area contributed by atoms with E-state index in [1.54, 1.807) is 40.4 Å². The fourth-order valence-electron chi connectivity index (χ4n) is 3.29. The highest BCUT2D eigenvalue weighted by atomic mass is 16.2. The number of hydrazine groups is 2. The Balaban J connectivity index is 1.38. The molecule has 10 heteroatoms. The lowest BCUT2D eigenvalue weighted by Gasteiger charge is -2.15. The molecule has 1 aliphatic heterocycles. The zero-order valence-electron chi connectivity index (χ0n) is 19.0. The minimum absolute atomic E-state index is 0.0907. The van der Waals surface area contributed by atoms with Crippen LogP contribution < -0.4 is 27.2 Å². The Kier molecular flexibility index (Phi) is 8.59. The molecule has 2 aromatic heterocycles. The van der Waals surface area contributed by atoms with Gasteiger partial charge in [0, 0.05) is 62.6 Å². The molecule has 2 amide bonds. The van der Waals surface area contributed by atoms with Crippen LogP contribution in [0.3, 0.4) is 0 Å². The molecule has 2 aromatic rings. The fraction of sp³-hybridized carbons (Fsp3) is 0.391. The number of nitrogens with one attached hydrogen (secondary N) is 4. The van der Waals surface area contributed by atoms with Gasteiger partial charge < -0.3 is 15.2 Å². The van der Waals surface area contributed by atoms with Crippen LogP contribution in [0.5, 0.6) is 0 Å². The van der Waals surface area contributed by atoms with E-state index in [-0.39, 0.29) is 23.3 Å². The first-order valence-corrected chi connectivity index (χ1v) is 11.1. The van der Waals surface area contributed by atoms with E-state index in [1.165, 1.54) is 6.07 Å². The summed E-state index contributed by atoms with van der Waals surface area (Å²) in [5, 5.41) is 7.40. The van der Waals surface area contributed by atoms with Crippen molar-refractivity contribution in [1.29, 1.82) is 0 Å². The van der Waals surface area contributed by atoms with E-state index in [0.717, 1.165) is 18.4 Å². The van der Waals surface area contributed by atoms with Crippen LogP contribution in [0.1, 0.15) is 38.7 Å². The maximum atomic E-state index is 12.3. The number of aromatic nitrogens is 2. The second-order valence-electron chi connectivity index (χ2n) is 8.32. The van der Waals surface area contributed by atoms with Gasteiger partial charge in [0.15, 0.2) is 0 Å². The lowest BCUT2D eigenvalue weighted by Crippen LogP contribution is -2.39. The summed E-state index contributed by atoms with van der Waals surface area (Å²) < 4.78 is 1.63. The van der Waals surface area contributed by atoms with Crippen LogP contribution in [-0.2, 0) is 22.7 Å².